The molecule has 1 aromatic heterocycles. The summed E-state index contributed by atoms with van der Waals surface area (Å²) in [5.74, 6) is 0.0617. The van der Waals surface area contributed by atoms with Gasteiger partial charge in [-0.25, -0.2) is 4.39 Å². The summed E-state index contributed by atoms with van der Waals surface area (Å²) in [7, 11) is 1.65. The maximum absolute atomic E-state index is 13.4. The van der Waals surface area contributed by atoms with Crippen LogP contribution in [0.3, 0.4) is 0 Å². The van der Waals surface area contributed by atoms with E-state index in [-0.39, 0.29) is 17.1 Å². The van der Waals surface area contributed by atoms with Crippen LogP contribution in [0.4, 0.5) is 4.39 Å². The molecule has 1 aliphatic heterocycles. The van der Waals surface area contributed by atoms with Crippen LogP contribution in [-0.4, -0.2) is 23.7 Å². The van der Waals surface area contributed by atoms with Crippen molar-refractivity contribution in [3.63, 3.8) is 0 Å². The molecule has 0 radical (unpaired) electrons. The molecule has 1 aliphatic rings. The zero-order valence-corrected chi connectivity index (χ0v) is 13.3. The number of likely N-dealkylation sites (tertiary alicyclic amines) is 1. The second-order valence-electron chi connectivity index (χ2n) is 6.02. The topological polar surface area (TPSA) is 44.2 Å². The van der Waals surface area contributed by atoms with Crippen LogP contribution < -0.4 is 0 Å². The normalized spacial score (nSPS) is 22.2. The lowest BCUT2D eigenvalue weighted by Gasteiger charge is -2.36. The molecule has 2 aromatic rings. The lowest BCUT2D eigenvalue weighted by atomic mass is 9.78. The number of benzene rings is 1. The quantitative estimate of drug-likeness (QED) is 0.893. The minimum absolute atomic E-state index is 0.0283. The number of carbonyl (C=O) groups excluding carboxylic acids is 1. The van der Waals surface area contributed by atoms with Crippen molar-refractivity contribution in [1.82, 2.24) is 4.90 Å². The van der Waals surface area contributed by atoms with Crippen LogP contribution in [0.1, 0.15) is 24.6 Å². The number of nitrogens with one attached hydrogen (secondary N) is 1. The largest absolute Gasteiger partial charge is 0.304 e. The minimum atomic E-state index is -0.350. The Hall–Kier alpha value is -2.01. The highest BCUT2D eigenvalue weighted by Gasteiger charge is 2.39. The van der Waals surface area contributed by atoms with Crippen molar-refractivity contribution >= 4 is 23.1 Å². The van der Waals surface area contributed by atoms with Gasteiger partial charge in [0, 0.05) is 30.2 Å². The number of carbonyl (C=O) groups is 1. The summed E-state index contributed by atoms with van der Waals surface area (Å²) < 4.78 is 13.4. The number of nitrogens with zero attached hydrogens (tertiary/aromatic N) is 1. The molecule has 5 heteroatoms. The van der Waals surface area contributed by atoms with Crippen molar-refractivity contribution in [1.29, 1.82) is 5.41 Å². The average molecular weight is 316 g/mol. The Labute approximate surface area is 132 Å². The fourth-order valence-corrected chi connectivity index (χ4v) is 3.88. The summed E-state index contributed by atoms with van der Waals surface area (Å²) >= 11 is 1.57. The molecule has 0 saturated carbocycles. The van der Waals surface area contributed by atoms with Gasteiger partial charge in [0.25, 0.3) is 0 Å². The molecule has 3 rings (SSSR count). The number of amidine groups is 1. The van der Waals surface area contributed by atoms with E-state index in [1.807, 2.05) is 24.4 Å². The van der Waals surface area contributed by atoms with Gasteiger partial charge in [-0.15, -0.1) is 11.3 Å². The minimum Gasteiger partial charge on any atom is -0.304 e. The Morgan fingerprint density at radius 1 is 1.27 bits per heavy atom. The zero-order valence-electron chi connectivity index (χ0n) is 12.5. The highest BCUT2D eigenvalue weighted by atomic mass is 32.1. The number of piperidine rings is 1. The molecule has 3 nitrogen and oxygen atoms in total. The fraction of sp³-hybridized carbons (Fsp3) is 0.294. The first kappa shape index (κ1) is 14.9. The van der Waals surface area contributed by atoms with Crippen LogP contribution in [0.15, 0.2) is 35.7 Å². The summed E-state index contributed by atoms with van der Waals surface area (Å²) in [5, 5.41) is 9.98. The molecular weight excluding hydrogens is 299 g/mol. The molecule has 0 bridgehead atoms. The number of rotatable bonds is 2. The Morgan fingerprint density at radius 2 is 2.05 bits per heavy atom. The van der Waals surface area contributed by atoms with Crippen molar-refractivity contribution in [2.45, 2.75) is 25.2 Å². The monoisotopic (exact) mass is 316 g/mol. The van der Waals surface area contributed by atoms with E-state index in [1.165, 1.54) is 17.0 Å². The van der Waals surface area contributed by atoms with Crippen molar-refractivity contribution < 1.29 is 9.18 Å². The second-order valence-corrected chi connectivity index (χ2v) is 6.93. The summed E-state index contributed by atoms with van der Waals surface area (Å²) in [5.41, 5.74) is 1.44. The number of hydrogen-bond donors (Lipinski definition) is 1. The first-order chi connectivity index (χ1) is 10.4. The Bertz CT molecular complexity index is 735. The van der Waals surface area contributed by atoms with Crippen LogP contribution >= 0.6 is 11.3 Å². The molecule has 1 amide bonds. The smallest absolute Gasteiger partial charge is 0.228 e. The Balaban J connectivity index is 1.93. The van der Waals surface area contributed by atoms with E-state index < -0.39 is 0 Å². The Morgan fingerprint density at radius 3 is 2.73 bits per heavy atom. The summed E-state index contributed by atoms with van der Waals surface area (Å²) in [6.07, 6.45) is 0.938. The fourth-order valence-electron chi connectivity index (χ4n) is 2.80. The molecule has 2 heterocycles. The lowest BCUT2D eigenvalue weighted by Crippen LogP contribution is -2.46. The van der Waals surface area contributed by atoms with Gasteiger partial charge in [0.2, 0.25) is 5.91 Å². The molecule has 0 spiro atoms. The van der Waals surface area contributed by atoms with E-state index in [4.69, 9.17) is 5.41 Å². The number of thiophene rings is 1. The third-order valence-corrected chi connectivity index (χ3v) is 5.47. The van der Waals surface area contributed by atoms with Crippen LogP contribution in [0.25, 0.3) is 11.1 Å². The molecule has 1 fully saturated rings. The first-order valence-corrected chi connectivity index (χ1v) is 7.96. The standard InChI is InChI=1S/C17H17FN2OS/c1-17(8-15(19)20(2)16(21)9-17)14-7-12(10-22-14)11-4-3-5-13(18)6-11/h3-7,10,19H,8-9H2,1-2H3/t17-/m0/s1. The van der Waals surface area contributed by atoms with Gasteiger partial charge in [0.05, 0.1) is 0 Å². The number of halogens is 1. The molecule has 1 atom stereocenters. The maximum atomic E-state index is 13.4. The van der Waals surface area contributed by atoms with Crippen LogP contribution in [-0.2, 0) is 10.2 Å². The van der Waals surface area contributed by atoms with Gasteiger partial charge in [-0.3, -0.25) is 10.2 Å². The molecule has 1 N–H and O–H groups in total. The van der Waals surface area contributed by atoms with Gasteiger partial charge in [-0.1, -0.05) is 19.1 Å². The number of amides is 1. The predicted octanol–water partition coefficient (Wildman–Crippen LogP) is 4.04. The molecule has 114 valence electrons. The van der Waals surface area contributed by atoms with E-state index >= 15 is 0 Å². The van der Waals surface area contributed by atoms with Gasteiger partial charge in [0.1, 0.15) is 11.7 Å². The maximum Gasteiger partial charge on any atom is 0.228 e. The highest BCUT2D eigenvalue weighted by molar-refractivity contribution is 7.10. The van der Waals surface area contributed by atoms with E-state index in [0.29, 0.717) is 18.7 Å². The zero-order chi connectivity index (χ0) is 15.9. The van der Waals surface area contributed by atoms with E-state index in [9.17, 15) is 9.18 Å². The molecule has 1 aromatic carbocycles. The van der Waals surface area contributed by atoms with E-state index in [1.54, 1.807) is 24.5 Å². The molecular formula is C17H17FN2OS. The highest BCUT2D eigenvalue weighted by Crippen LogP contribution is 2.41. The van der Waals surface area contributed by atoms with E-state index in [0.717, 1.165) is 16.0 Å². The molecule has 1 saturated heterocycles. The second kappa shape index (κ2) is 5.32. The lowest BCUT2D eigenvalue weighted by molar-refractivity contribution is -0.128. The first-order valence-electron chi connectivity index (χ1n) is 7.08. The van der Waals surface area contributed by atoms with Gasteiger partial charge in [0.15, 0.2) is 0 Å². The van der Waals surface area contributed by atoms with Gasteiger partial charge in [-0.05, 0) is 34.7 Å². The molecule has 0 aliphatic carbocycles. The predicted molar refractivity (Wildman–Crippen MR) is 86.8 cm³/mol. The van der Waals surface area contributed by atoms with Gasteiger partial charge >= 0.3 is 0 Å². The van der Waals surface area contributed by atoms with Crippen molar-refractivity contribution in [3.8, 4) is 11.1 Å². The summed E-state index contributed by atoms with van der Waals surface area (Å²) in [4.78, 5) is 14.5. The van der Waals surface area contributed by atoms with Gasteiger partial charge < -0.3 is 4.90 Å². The number of hydrogen-bond acceptors (Lipinski definition) is 3. The Kier molecular flexibility index (Phi) is 3.60. The van der Waals surface area contributed by atoms with E-state index in [2.05, 4.69) is 0 Å². The van der Waals surface area contributed by atoms with Crippen molar-refractivity contribution in [2.24, 2.45) is 0 Å². The molecule has 22 heavy (non-hydrogen) atoms. The van der Waals surface area contributed by atoms with Crippen molar-refractivity contribution in [2.75, 3.05) is 7.05 Å². The average Bonchev–Trinajstić information content (AvgIpc) is 2.95. The third-order valence-electron chi connectivity index (χ3n) is 4.23. The van der Waals surface area contributed by atoms with Crippen LogP contribution in [0.5, 0.6) is 0 Å². The SMILES string of the molecule is CN1C(=N)C[C@](C)(c2cc(-c3cccc(F)c3)cs2)CC1=O. The third kappa shape index (κ3) is 2.57. The van der Waals surface area contributed by atoms with Crippen LogP contribution in [0, 0.1) is 11.2 Å². The summed E-state index contributed by atoms with van der Waals surface area (Å²) in [6.45, 7) is 2.02. The van der Waals surface area contributed by atoms with Gasteiger partial charge in [-0.2, -0.15) is 0 Å². The summed E-state index contributed by atoms with van der Waals surface area (Å²) in [6, 6.07) is 8.52. The van der Waals surface area contributed by atoms with Crippen LogP contribution in [0.2, 0.25) is 0 Å². The molecule has 0 unspecified atom stereocenters. The van der Waals surface area contributed by atoms with Crippen molar-refractivity contribution in [3.05, 3.63) is 46.4 Å².